The molecule has 114 valence electrons. The highest BCUT2D eigenvalue weighted by Crippen LogP contribution is 2.20. The van der Waals surface area contributed by atoms with E-state index in [1.165, 1.54) is 0 Å². The number of nitrogens with zero attached hydrogens (tertiary/aromatic N) is 1. The Labute approximate surface area is 123 Å². The Bertz CT molecular complexity index is 356. The van der Waals surface area contributed by atoms with Crippen molar-refractivity contribution in [1.29, 1.82) is 0 Å². The number of ether oxygens (including phenoxy) is 2. The molecule has 1 aliphatic heterocycles. The van der Waals surface area contributed by atoms with Crippen LogP contribution < -0.4 is 0 Å². The van der Waals surface area contributed by atoms with Crippen LogP contribution in [0.1, 0.15) is 13.8 Å². The third kappa shape index (κ3) is 4.21. The van der Waals surface area contributed by atoms with Crippen molar-refractivity contribution in [1.82, 2.24) is 4.90 Å². The summed E-state index contributed by atoms with van der Waals surface area (Å²) in [5.74, 6) is -2.04. The van der Waals surface area contributed by atoms with Crippen molar-refractivity contribution >= 4 is 29.5 Å². The molecule has 1 rings (SSSR count). The second-order valence-electron chi connectivity index (χ2n) is 4.41. The normalized spacial score (nSPS) is 19.7. The Balaban J connectivity index is 2.87. The van der Waals surface area contributed by atoms with Crippen LogP contribution in [-0.4, -0.2) is 67.0 Å². The maximum absolute atomic E-state index is 12.5. The predicted octanol–water partition coefficient (Wildman–Crippen LogP) is 0.345. The Morgan fingerprint density at radius 2 is 1.75 bits per heavy atom. The maximum atomic E-state index is 12.5. The first-order valence-corrected chi connectivity index (χ1v) is 7.83. The maximum Gasteiger partial charge on any atom is 0.328 e. The number of hydrogen-bond acceptors (Lipinski definition) is 7. The number of thioether (sulfide) groups is 1. The summed E-state index contributed by atoms with van der Waals surface area (Å²) in [6.07, 6.45) is 0. The third-order valence-corrected chi connectivity index (χ3v) is 4.08. The molecule has 0 bridgehead atoms. The molecule has 1 heterocycles. The van der Waals surface area contributed by atoms with E-state index >= 15 is 0 Å². The Kier molecular flexibility index (Phi) is 7.01. The van der Waals surface area contributed by atoms with Gasteiger partial charge in [-0.3, -0.25) is 19.3 Å². The standard InChI is InChI=1S/C13H21NO5S/c1-4-18-12(16)10(13(17)19-5-2)11(15)9-8-20-7-6-14(9)3/h9-10H,4-8H2,1-3H3. The highest BCUT2D eigenvalue weighted by atomic mass is 32.2. The van der Waals surface area contributed by atoms with Gasteiger partial charge in [0.2, 0.25) is 5.92 Å². The summed E-state index contributed by atoms with van der Waals surface area (Å²) in [4.78, 5) is 38.1. The molecule has 0 saturated carbocycles. The lowest BCUT2D eigenvalue weighted by molar-refractivity contribution is -0.165. The second kappa shape index (κ2) is 8.26. The van der Waals surface area contributed by atoms with Crippen LogP contribution in [0.2, 0.25) is 0 Å². The van der Waals surface area contributed by atoms with Gasteiger partial charge in [0, 0.05) is 18.1 Å². The molecular weight excluding hydrogens is 282 g/mol. The summed E-state index contributed by atoms with van der Waals surface area (Å²) in [7, 11) is 1.82. The van der Waals surface area contributed by atoms with Crippen LogP contribution in [0.4, 0.5) is 0 Å². The number of rotatable bonds is 6. The van der Waals surface area contributed by atoms with Gasteiger partial charge in [-0.05, 0) is 20.9 Å². The molecule has 0 aromatic heterocycles. The van der Waals surface area contributed by atoms with Gasteiger partial charge in [-0.15, -0.1) is 0 Å². The van der Waals surface area contributed by atoms with E-state index in [-0.39, 0.29) is 13.2 Å². The van der Waals surface area contributed by atoms with Crippen molar-refractivity contribution in [3.05, 3.63) is 0 Å². The summed E-state index contributed by atoms with van der Waals surface area (Å²) in [5, 5.41) is 0. The lowest BCUT2D eigenvalue weighted by Gasteiger charge is -2.32. The molecule has 0 N–H and O–H groups in total. The van der Waals surface area contributed by atoms with Gasteiger partial charge in [0.05, 0.1) is 19.3 Å². The first kappa shape index (κ1) is 17.0. The van der Waals surface area contributed by atoms with E-state index in [0.29, 0.717) is 5.75 Å². The summed E-state index contributed by atoms with van der Waals surface area (Å²) in [6, 6.07) is -0.451. The van der Waals surface area contributed by atoms with Gasteiger partial charge in [-0.1, -0.05) is 0 Å². The minimum absolute atomic E-state index is 0.122. The minimum Gasteiger partial charge on any atom is -0.465 e. The van der Waals surface area contributed by atoms with Gasteiger partial charge < -0.3 is 9.47 Å². The molecule has 0 aromatic carbocycles. The van der Waals surface area contributed by atoms with E-state index < -0.39 is 29.7 Å². The summed E-state index contributed by atoms with van der Waals surface area (Å²) in [6.45, 7) is 4.26. The van der Waals surface area contributed by atoms with Gasteiger partial charge in [0.25, 0.3) is 0 Å². The van der Waals surface area contributed by atoms with Gasteiger partial charge in [0.1, 0.15) is 0 Å². The minimum atomic E-state index is -1.47. The number of Topliss-reactive ketones (excluding diaryl/α,β-unsaturated/α-hetero) is 1. The van der Waals surface area contributed by atoms with E-state index in [1.54, 1.807) is 25.6 Å². The highest BCUT2D eigenvalue weighted by molar-refractivity contribution is 7.99. The second-order valence-corrected chi connectivity index (χ2v) is 5.56. The van der Waals surface area contributed by atoms with E-state index in [9.17, 15) is 14.4 Å². The topological polar surface area (TPSA) is 72.9 Å². The molecule has 20 heavy (non-hydrogen) atoms. The summed E-state index contributed by atoms with van der Waals surface area (Å²) >= 11 is 1.64. The van der Waals surface area contributed by atoms with E-state index in [2.05, 4.69) is 0 Å². The summed E-state index contributed by atoms with van der Waals surface area (Å²) < 4.78 is 9.67. The van der Waals surface area contributed by atoms with Crippen LogP contribution in [0.25, 0.3) is 0 Å². The van der Waals surface area contributed by atoms with Crippen LogP contribution in [0.15, 0.2) is 0 Å². The number of ketones is 1. The zero-order chi connectivity index (χ0) is 15.1. The monoisotopic (exact) mass is 303 g/mol. The Morgan fingerprint density at radius 1 is 1.20 bits per heavy atom. The number of carbonyl (C=O) groups excluding carboxylic acids is 3. The van der Waals surface area contributed by atoms with E-state index in [4.69, 9.17) is 9.47 Å². The molecule has 0 radical (unpaired) electrons. The van der Waals surface area contributed by atoms with Crippen molar-refractivity contribution in [2.45, 2.75) is 19.9 Å². The first-order valence-electron chi connectivity index (χ1n) is 6.67. The van der Waals surface area contributed by atoms with Crippen molar-refractivity contribution in [3.8, 4) is 0 Å². The van der Waals surface area contributed by atoms with Crippen molar-refractivity contribution in [3.63, 3.8) is 0 Å². The quantitative estimate of drug-likeness (QED) is 0.517. The molecule has 1 aliphatic rings. The van der Waals surface area contributed by atoms with Crippen LogP contribution >= 0.6 is 11.8 Å². The Hall–Kier alpha value is -1.08. The van der Waals surface area contributed by atoms with Crippen LogP contribution in [0, 0.1) is 5.92 Å². The fraction of sp³-hybridized carbons (Fsp3) is 0.769. The van der Waals surface area contributed by atoms with E-state index in [1.807, 2.05) is 11.9 Å². The fourth-order valence-corrected chi connectivity index (χ4v) is 3.18. The van der Waals surface area contributed by atoms with E-state index in [0.717, 1.165) is 12.3 Å². The lowest BCUT2D eigenvalue weighted by Crippen LogP contribution is -2.50. The zero-order valence-corrected chi connectivity index (χ0v) is 12.9. The number of likely N-dealkylation sites (N-methyl/N-ethyl adjacent to an activating group) is 1. The predicted molar refractivity (Wildman–Crippen MR) is 75.5 cm³/mol. The number of carbonyl (C=O) groups is 3. The molecule has 6 nitrogen and oxygen atoms in total. The van der Waals surface area contributed by atoms with Crippen molar-refractivity contribution in [2.24, 2.45) is 5.92 Å². The van der Waals surface area contributed by atoms with Crippen molar-refractivity contribution in [2.75, 3.05) is 38.3 Å². The average molecular weight is 303 g/mol. The molecule has 1 saturated heterocycles. The molecule has 0 aromatic rings. The van der Waals surface area contributed by atoms with Gasteiger partial charge in [0.15, 0.2) is 5.78 Å². The molecule has 0 aliphatic carbocycles. The van der Waals surface area contributed by atoms with Gasteiger partial charge in [-0.25, -0.2) is 0 Å². The van der Waals surface area contributed by atoms with Gasteiger partial charge >= 0.3 is 11.9 Å². The van der Waals surface area contributed by atoms with Crippen molar-refractivity contribution < 1.29 is 23.9 Å². The van der Waals surface area contributed by atoms with Gasteiger partial charge in [-0.2, -0.15) is 11.8 Å². The molecule has 1 atom stereocenters. The molecule has 1 fully saturated rings. The van der Waals surface area contributed by atoms with Crippen LogP contribution in [0.3, 0.4) is 0 Å². The number of hydrogen-bond donors (Lipinski definition) is 0. The fourth-order valence-electron chi connectivity index (χ4n) is 1.96. The average Bonchev–Trinajstić information content (AvgIpc) is 2.40. The molecule has 0 spiro atoms. The number of esters is 2. The smallest absolute Gasteiger partial charge is 0.328 e. The first-order chi connectivity index (χ1) is 9.52. The largest absolute Gasteiger partial charge is 0.465 e. The molecular formula is C13H21NO5S. The lowest BCUT2D eigenvalue weighted by atomic mass is 9.98. The molecule has 0 amide bonds. The highest BCUT2D eigenvalue weighted by Gasteiger charge is 2.42. The SMILES string of the molecule is CCOC(=O)C(C(=O)OCC)C(=O)C1CSCCN1C. The third-order valence-electron chi connectivity index (χ3n) is 3.05. The molecule has 7 heteroatoms. The van der Waals surface area contributed by atoms with Crippen LogP contribution in [-0.2, 0) is 23.9 Å². The Morgan fingerprint density at radius 3 is 2.20 bits per heavy atom. The zero-order valence-electron chi connectivity index (χ0n) is 12.1. The van der Waals surface area contributed by atoms with Crippen LogP contribution in [0.5, 0.6) is 0 Å². The summed E-state index contributed by atoms with van der Waals surface area (Å²) in [5.41, 5.74) is 0. The molecule has 1 unspecified atom stereocenters.